The predicted octanol–water partition coefficient (Wildman–Crippen LogP) is -2.65. The number of H-pyrrole nitrogens is 1. The maximum absolute atomic E-state index is 11.7. The van der Waals surface area contributed by atoms with Crippen LogP contribution in [0.5, 0.6) is 0 Å². The van der Waals surface area contributed by atoms with Gasteiger partial charge in [-0.3, -0.25) is 9.59 Å². The molecule has 122 valence electrons. The molecular weight excluding hydrogens is 294 g/mol. The minimum atomic E-state index is -1.44. The molecule has 22 heavy (non-hydrogen) atoms. The van der Waals surface area contributed by atoms with Gasteiger partial charge < -0.3 is 31.6 Å². The fourth-order valence-corrected chi connectivity index (χ4v) is 1.64. The molecule has 1 aromatic rings. The van der Waals surface area contributed by atoms with E-state index in [0.29, 0.717) is 5.69 Å². The quantitative estimate of drug-likeness (QED) is 0.304. The van der Waals surface area contributed by atoms with Crippen LogP contribution in [0.3, 0.4) is 0 Å². The number of hydrogen-bond donors (Lipinski definition) is 6. The number of imidazole rings is 1. The molecule has 0 aliphatic carbocycles. The molecule has 1 aromatic heterocycles. The van der Waals surface area contributed by atoms with Crippen LogP contribution in [0.1, 0.15) is 12.6 Å². The summed E-state index contributed by atoms with van der Waals surface area (Å²) >= 11 is 0. The maximum Gasteiger partial charge on any atom is 0.328 e. The molecule has 3 unspecified atom stereocenters. The third kappa shape index (κ3) is 5.50. The first kappa shape index (κ1) is 17.6. The van der Waals surface area contributed by atoms with E-state index in [1.54, 1.807) is 0 Å². The number of carboxylic acid groups (broad SMARTS) is 1. The molecule has 1 heterocycles. The number of carbonyl (C=O) groups is 3. The Hall–Kier alpha value is -2.46. The average Bonchev–Trinajstić information content (AvgIpc) is 2.94. The molecule has 0 bridgehead atoms. The van der Waals surface area contributed by atoms with Crippen molar-refractivity contribution in [1.82, 2.24) is 20.6 Å². The van der Waals surface area contributed by atoms with E-state index in [1.807, 2.05) is 0 Å². The SMILES string of the molecule is CC(O)C(NC(=O)CNC(=O)C(N)Cc1cnc[nH]1)C(=O)O. The molecule has 0 saturated carbocycles. The Morgan fingerprint density at radius 1 is 1.45 bits per heavy atom. The summed E-state index contributed by atoms with van der Waals surface area (Å²) in [6.45, 7) is 0.796. The van der Waals surface area contributed by atoms with Crippen molar-refractivity contribution >= 4 is 17.8 Å². The molecule has 2 amide bonds. The maximum atomic E-state index is 11.7. The number of carbonyl (C=O) groups excluding carboxylic acids is 2. The number of aromatic amines is 1. The van der Waals surface area contributed by atoms with Crippen LogP contribution < -0.4 is 16.4 Å². The summed E-state index contributed by atoms with van der Waals surface area (Å²) < 4.78 is 0. The number of aromatic nitrogens is 2. The molecule has 0 aromatic carbocycles. The standard InChI is InChI=1S/C12H19N5O5/c1-6(18)10(12(21)22)17-9(19)4-15-11(20)8(13)2-7-3-14-5-16-7/h3,5-6,8,10,18H,2,4,13H2,1H3,(H,14,16)(H,15,20)(H,17,19)(H,21,22). The Bertz CT molecular complexity index is 516. The van der Waals surface area contributed by atoms with E-state index in [4.69, 9.17) is 10.8 Å². The Balaban J connectivity index is 2.39. The molecule has 0 radical (unpaired) electrons. The van der Waals surface area contributed by atoms with E-state index in [1.165, 1.54) is 19.4 Å². The van der Waals surface area contributed by atoms with Crippen molar-refractivity contribution in [3.63, 3.8) is 0 Å². The Kier molecular flexibility index (Phi) is 6.47. The van der Waals surface area contributed by atoms with E-state index in [-0.39, 0.29) is 6.42 Å². The first-order valence-electron chi connectivity index (χ1n) is 6.52. The number of nitrogens with two attached hydrogens (primary N) is 1. The van der Waals surface area contributed by atoms with Gasteiger partial charge in [0.1, 0.15) is 0 Å². The zero-order valence-electron chi connectivity index (χ0n) is 11.9. The topological polar surface area (TPSA) is 170 Å². The third-order valence-electron chi connectivity index (χ3n) is 2.82. The number of aliphatic hydroxyl groups excluding tert-OH is 1. The normalized spacial score (nSPS) is 14.7. The van der Waals surface area contributed by atoms with Gasteiger partial charge in [0.2, 0.25) is 11.8 Å². The Morgan fingerprint density at radius 3 is 2.64 bits per heavy atom. The highest BCUT2D eigenvalue weighted by Crippen LogP contribution is 1.96. The number of carboxylic acids is 1. The molecular formula is C12H19N5O5. The minimum Gasteiger partial charge on any atom is -0.480 e. The lowest BCUT2D eigenvalue weighted by atomic mass is 10.1. The summed E-state index contributed by atoms with van der Waals surface area (Å²) in [5.74, 6) is -2.67. The average molecular weight is 313 g/mol. The van der Waals surface area contributed by atoms with Gasteiger partial charge in [-0.05, 0) is 6.92 Å². The van der Waals surface area contributed by atoms with E-state index in [9.17, 15) is 19.5 Å². The second-order valence-electron chi connectivity index (χ2n) is 4.73. The van der Waals surface area contributed by atoms with Gasteiger partial charge in [-0.1, -0.05) is 0 Å². The lowest BCUT2D eigenvalue weighted by Crippen LogP contribution is -2.52. The predicted molar refractivity (Wildman–Crippen MR) is 74.5 cm³/mol. The summed E-state index contributed by atoms with van der Waals surface area (Å²) in [7, 11) is 0. The molecule has 1 rings (SSSR count). The van der Waals surface area contributed by atoms with E-state index in [2.05, 4.69) is 20.6 Å². The monoisotopic (exact) mass is 313 g/mol. The fourth-order valence-electron chi connectivity index (χ4n) is 1.64. The lowest BCUT2D eigenvalue weighted by molar-refractivity contribution is -0.144. The molecule has 0 aliphatic rings. The first-order valence-corrected chi connectivity index (χ1v) is 6.52. The van der Waals surface area contributed by atoms with Crippen LogP contribution >= 0.6 is 0 Å². The Labute approximate surface area is 126 Å². The first-order chi connectivity index (χ1) is 10.3. The summed E-state index contributed by atoms with van der Waals surface area (Å²) in [6, 6.07) is -2.32. The molecule has 7 N–H and O–H groups in total. The summed E-state index contributed by atoms with van der Waals surface area (Å²) in [5.41, 5.74) is 6.34. The van der Waals surface area contributed by atoms with Gasteiger partial charge in [0.15, 0.2) is 6.04 Å². The van der Waals surface area contributed by atoms with Crippen molar-refractivity contribution in [3.8, 4) is 0 Å². The van der Waals surface area contributed by atoms with Gasteiger partial charge in [0, 0.05) is 18.3 Å². The number of amides is 2. The van der Waals surface area contributed by atoms with Crippen LogP contribution in [-0.4, -0.2) is 62.7 Å². The highest BCUT2D eigenvalue weighted by Gasteiger charge is 2.25. The minimum absolute atomic E-state index is 0.221. The van der Waals surface area contributed by atoms with Crippen molar-refractivity contribution in [2.24, 2.45) is 5.73 Å². The zero-order valence-corrected chi connectivity index (χ0v) is 11.9. The van der Waals surface area contributed by atoms with Crippen molar-refractivity contribution in [3.05, 3.63) is 18.2 Å². The van der Waals surface area contributed by atoms with Crippen molar-refractivity contribution < 1.29 is 24.6 Å². The molecule has 10 nitrogen and oxygen atoms in total. The van der Waals surface area contributed by atoms with Crippen LogP contribution in [0, 0.1) is 0 Å². The van der Waals surface area contributed by atoms with Crippen LogP contribution in [0.25, 0.3) is 0 Å². The smallest absolute Gasteiger partial charge is 0.328 e. The summed E-state index contributed by atoms with van der Waals surface area (Å²) in [5, 5.41) is 22.4. The molecule has 0 fully saturated rings. The molecule has 0 spiro atoms. The Morgan fingerprint density at radius 2 is 2.14 bits per heavy atom. The lowest BCUT2D eigenvalue weighted by Gasteiger charge is -2.17. The second-order valence-corrected chi connectivity index (χ2v) is 4.73. The highest BCUT2D eigenvalue weighted by molar-refractivity contribution is 5.89. The highest BCUT2D eigenvalue weighted by atomic mass is 16.4. The van der Waals surface area contributed by atoms with Crippen molar-refractivity contribution in [2.45, 2.75) is 31.5 Å². The van der Waals surface area contributed by atoms with Gasteiger partial charge in [0.05, 0.1) is 25.0 Å². The molecule has 0 aliphatic heterocycles. The van der Waals surface area contributed by atoms with Crippen LogP contribution in [0.2, 0.25) is 0 Å². The number of aliphatic hydroxyl groups is 1. The van der Waals surface area contributed by atoms with Crippen molar-refractivity contribution in [2.75, 3.05) is 6.54 Å². The van der Waals surface area contributed by atoms with Gasteiger partial charge >= 0.3 is 5.97 Å². The van der Waals surface area contributed by atoms with Gasteiger partial charge in [-0.25, -0.2) is 9.78 Å². The van der Waals surface area contributed by atoms with Crippen LogP contribution in [-0.2, 0) is 20.8 Å². The van der Waals surface area contributed by atoms with Gasteiger partial charge in [0.25, 0.3) is 0 Å². The number of nitrogens with one attached hydrogen (secondary N) is 3. The summed E-state index contributed by atoms with van der Waals surface area (Å²) in [4.78, 5) is 40.7. The van der Waals surface area contributed by atoms with E-state index >= 15 is 0 Å². The second kappa shape index (κ2) is 8.10. The number of nitrogens with zero attached hydrogens (tertiary/aromatic N) is 1. The molecule has 10 heteroatoms. The van der Waals surface area contributed by atoms with Gasteiger partial charge in [-0.15, -0.1) is 0 Å². The number of aliphatic carboxylic acids is 1. The fraction of sp³-hybridized carbons (Fsp3) is 0.500. The molecule has 3 atom stereocenters. The zero-order chi connectivity index (χ0) is 16.7. The van der Waals surface area contributed by atoms with E-state index < -0.39 is 42.5 Å². The molecule has 0 saturated heterocycles. The third-order valence-corrected chi connectivity index (χ3v) is 2.82. The van der Waals surface area contributed by atoms with Crippen LogP contribution in [0.15, 0.2) is 12.5 Å². The van der Waals surface area contributed by atoms with E-state index in [0.717, 1.165) is 0 Å². The number of hydrogen-bond acceptors (Lipinski definition) is 6. The van der Waals surface area contributed by atoms with Crippen LogP contribution in [0.4, 0.5) is 0 Å². The number of rotatable bonds is 8. The van der Waals surface area contributed by atoms with Gasteiger partial charge in [-0.2, -0.15) is 0 Å². The van der Waals surface area contributed by atoms with Crippen molar-refractivity contribution in [1.29, 1.82) is 0 Å². The largest absolute Gasteiger partial charge is 0.480 e. The summed E-state index contributed by atoms with van der Waals surface area (Å²) in [6.07, 6.45) is 1.94.